The Morgan fingerprint density at radius 2 is 1.97 bits per heavy atom. The molecule has 5 rings (SSSR count). The van der Waals surface area contributed by atoms with Crippen molar-refractivity contribution in [1.29, 1.82) is 0 Å². The van der Waals surface area contributed by atoms with E-state index < -0.39 is 35.1 Å². The Hall–Kier alpha value is -3.49. The molecule has 0 amide bonds. The minimum absolute atomic E-state index is 0.0117. The first-order valence-corrected chi connectivity index (χ1v) is 10.2. The topological polar surface area (TPSA) is 71.8 Å². The van der Waals surface area contributed by atoms with Crippen LogP contribution in [0.2, 0.25) is 0 Å². The Labute approximate surface area is 180 Å². The van der Waals surface area contributed by atoms with E-state index in [-0.39, 0.29) is 35.2 Å². The summed E-state index contributed by atoms with van der Waals surface area (Å²) in [5.74, 6) is -2.83. The van der Waals surface area contributed by atoms with Gasteiger partial charge in [-0.15, -0.1) is 0 Å². The van der Waals surface area contributed by atoms with E-state index in [0.717, 1.165) is 23.4 Å². The average molecular weight is 444 g/mol. The number of carbonyl (C=O) groups is 1. The summed E-state index contributed by atoms with van der Waals surface area (Å²) in [5.41, 5.74) is 0.216. The van der Waals surface area contributed by atoms with E-state index in [9.17, 15) is 23.5 Å². The number of hydrogen-bond donors (Lipinski definition) is 1. The second-order valence-electron chi connectivity index (χ2n) is 8.13. The Morgan fingerprint density at radius 3 is 2.59 bits per heavy atom. The fourth-order valence-corrected chi connectivity index (χ4v) is 4.55. The number of rotatable bonds is 5. The van der Waals surface area contributed by atoms with Gasteiger partial charge in [0.2, 0.25) is 5.43 Å². The van der Waals surface area contributed by atoms with Crippen LogP contribution < -0.4 is 15.1 Å². The predicted molar refractivity (Wildman–Crippen MR) is 111 cm³/mol. The first-order valence-electron chi connectivity index (χ1n) is 10.2. The van der Waals surface area contributed by atoms with Gasteiger partial charge in [0, 0.05) is 18.8 Å². The molecule has 166 valence electrons. The van der Waals surface area contributed by atoms with Crippen molar-refractivity contribution in [2.24, 2.45) is 0 Å². The normalized spacial score (nSPS) is 17.8. The van der Waals surface area contributed by atoms with Crippen molar-refractivity contribution in [2.75, 3.05) is 4.90 Å². The molecule has 0 unspecified atom stereocenters. The summed E-state index contributed by atoms with van der Waals surface area (Å²) in [6, 6.07) is 7.92. The van der Waals surface area contributed by atoms with Gasteiger partial charge in [-0.1, -0.05) is 24.3 Å². The van der Waals surface area contributed by atoms with Gasteiger partial charge in [0.15, 0.2) is 11.6 Å². The minimum atomic E-state index is -3.26. The minimum Gasteiger partial charge on any atom is -0.477 e. The van der Waals surface area contributed by atoms with Crippen LogP contribution in [0.1, 0.15) is 53.3 Å². The molecule has 1 aliphatic heterocycles. The van der Waals surface area contributed by atoms with Gasteiger partial charge in [0.1, 0.15) is 11.3 Å². The number of anilines is 1. The molecule has 2 aliphatic rings. The Morgan fingerprint density at radius 1 is 1.25 bits per heavy atom. The van der Waals surface area contributed by atoms with Crippen LogP contribution in [0.15, 0.2) is 41.3 Å². The third-order valence-corrected chi connectivity index (χ3v) is 6.18. The maximum absolute atomic E-state index is 15.5. The van der Waals surface area contributed by atoms with Crippen LogP contribution in [0.5, 0.6) is 5.75 Å². The van der Waals surface area contributed by atoms with Crippen LogP contribution in [0, 0.1) is 5.82 Å². The van der Waals surface area contributed by atoms with E-state index in [1.165, 1.54) is 4.57 Å². The highest BCUT2D eigenvalue weighted by Crippen LogP contribution is 2.48. The number of carboxylic acids is 1. The van der Waals surface area contributed by atoms with Crippen LogP contribution in [0.4, 0.5) is 18.9 Å². The van der Waals surface area contributed by atoms with Crippen LogP contribution in [-0.2, 0) is 6.54 Å². The van der Waals surface area contributed by atoms with E-state index in [2.05, 4.69) is 0 Å². The van der Waals surface area contributed by atoms with E-state index in [0.29, 0.717) is 12.8 Å². The lowest BCUT2D eigenvalue weighted by Gasteiger charge is -2.28. The molecule has 1 aromatic heterocycles. The Bertz CT molecular complexity index is 1320. The molecule has 1 N–H and O–H groups in total. The largest absolute Gasteiger partial charge is 0.477 e. The predicted octanol–water partition coefficient (Wildman–Crippen LogP) is 4.86. The van der Waals surface area contributed by atoms with E-state index >= 15 is 4.39 Å². The quantitative estimate of drug-likeness (QED) is 0.609. The van der Waals surface area contributed by atoms with Gasteiger partial charge >= 0.3 is 12.6 Å². The highest BCUT2D eigenvalue weighted by molar-refractivity contribution is 5.97. The molecule has 6 nitrogen and oxygen atoms in total. The maximum Gasteiger partial charge on any atom is 0.387 e. The zero-order valence-corrected chi connectivity index (χ0v) is 17.0. The molecule has 0 radical (unpaired) electrons. The van der Waals surface area contributed by atoms with Crippen molar-refractivity contribution in [3.05, 3.63) is 69.3 Å². The van der Waals surface area contributed by atoms with Gasteiger partial charge in [-0.25, -0.2) is 9.18 Å². The molecule has 32 heavy (non-hydrogen) atoms. The summed E-state index contributed by atoms with van der Waals surface area (Å²) >= 11 is 0. The van der Waals surface area contributed by atoms with E-state index in [1.807, 2.05) is 31.2 Å². The van der Waals surface area contributed by atoms with Gasteiger partial charge in [-0.2, -0.15) is 8.78 Å². The van der Waals surface area contributed by atoms with Gasteiger partial charge in [-0.3, -0.25) is 4.79 Å². The third-order valence-electron chi connectivity index (χ3n) is 6.18. The summed E-state index contributed by atoms with van der Waals surface area (Å²) < 4.78 is 48.8. The zero-order valence-electron chi connectivity index (χ0n) is 17.0. The lowest BCUT2D eigenvalue weighted by molar-refractivity contribution is -0.0488. The van der Waals surface area contributed by atoms with Crippen molar-refractivity contribution in [2.45, 2.75) is 45.0 Å². The second kappa shape index (κ2) is 7.29. The lowest BCUT2D eigenvalue weighted by atomic mass is 10.1. The van der Waals surface area contributed by atoms with Gasteiger partial charge < -0.3 is 19.3 Å². The van der Waals surface area contributed by atoms with Crippen LogP contribution in [-0.4, -0.2) is 22.3 Å². The molecule has 1 aliphatic carbocycles. The van der Waals surface area contributed by atoms with Crippen LogP contribution in [0.25, 0.3) is 10.9 Å². The number of fused-ring (bicyclic) bond motifs is 2. The molecule has 1 saturated carbocycles. The Kier molecular flexibility index (Phi) is 4.65. The van der Waals surface area contributed by atoms with Crippen LogP contribution in [0.3, 0.4) is 0 Å². The molecule has 2 heterocycles. The molecule has 0 spiro atoms. The standard InChI is InChI=1S/C23H19F3N2O4/c1-11-14-5-3-2-4-12(14)9-27(11)19-17(24)8-15-18(21(19)32-23(25)26)28(13-6-7-13)10-16(20(15)29)22(30)31/h2-5,8,10-11,13,23H,6-7,9H2,1H3,(H,30,31)/t11-/m1/s1. The van der Waals surface area contributed by atoms with Gasteiger partial charge in [0.25, 0.3) is 0 Å². The number of alkyl halides is 2. The lowest BCUT2D eigenvalue weighted by Crippen LogP contribution is -2.24. The first kappa shape index (κ1) is 20.4. The molecule has 1 fully saturated rings. The van der Waals surface area contributed by atoms with Crippen molar-refractivity contribution < 1.29 is 27.8 Å². The number of carboxylic acid groups (broad SMARTS) is 1. The number of ether oxygens (including phenoxy) is 1. The molecule has 1 atom stereocenters. The zero-order chi connectivity index (χ0) is 22.7. The Balaban J connectivity index is 1.82. The smallest absolute Gasteiger partial charge is 0.387 e. The molecular weight excluding hydrogens is 425 g/mol. The SMILES string of the molecule is C[C@@H]1c2ccccc2CN1c1c(F)cc2c(=O)c(C(=O)O)cn(C3CC3)c2c1OC(F)F. The molecule has 9 heteroatoms. The monoisotopic (exact) mass is 444 g/mol. The fourth-order valence-electron chi connectivity index (χ4n) is 4.55. The van der Waals surface area contributed by atoms with Crippen molar-refractivity contribution in [3.63, 3.8) is 0 Å². The second-order valence-corrected chi connectivity index (χ2v) is 8.13. The fraction of sp³-hybridized carbons (Fsp3) is 0.304. The van der Waals surface area contributed by atoms with Crippen LogP contribution >= 0.6 is 0 Å². The van der Waals surface area contributed by atoms with E-state index in [1.54, 1.807) is 4.90 Å². The number of nitrogens with zero attached hydrogens (tertiary/aromatic N) is 2. The first-order chi connectivity index (χ1) is 15.3. The number of halogens is 3. The summed E-state index contributed by atoms with van der Waals surface area (Å²) in [6.45, 7) is -1.15. The van der Waals surface area contributed by atoms with Gasteiger partial charge in [0.05, 0.1) is 16.9 Å². The molecule has 3 aromatic rings. The van der Waals surface area contributed by atoms with Crippen molar-refractivity contribution in [3.8, 4) is 5.75 Å². The van der Waals surface area contributed by atoms with Crippen molar-refractivity contribution >= 4 is 22.6 Å². The van der Waals surface area contributed by atoms with E-state index in [4.69, 9.17) is 4.74 Å². The number of hydrogen-bond acceptors (Lipinski definition) is 4. The van der Waals surface area contributed by atoms with Gasteiger partial charge in [-0.05, 0) is 37.0 Å². The molecule has 2 aromatic carbocycles. The highest BCUT2D eigenvalue weighted by Gasteiger charge is 2.35. The summed E-state index contributed by atoms with van der Waals surface area (Å²) in [4.78, 5) is 26.0. The molecule has 0 bridgehead atoms. The third kappa shape index (κ3) is 3.11. The molecular formula is C23H19F3N2O4. The summed E-state index contributed by atoms with van der Waals surface area (Å²) in [6.07, 6.45) is 2.51. The maximum atomic E-state index is 15.5. The number of pyridine rings is 1. The number of aromatic nitrogens is 1. The summed E-state index contributed by atoms with van der Waals surface area (Å²) in [5, 5.41) is 9.14. The highest BCUT2D eigenvalue weighted by atomic mass is 19.3. The van der Waals surface area contributed by atoms with Crippen molar-refractivity contribution in [1.82, 2.24) is 4.57 Å². The summed E-state index contributed by atoms with van der Waals surface area (Å²) in [7, 11) is 0. The molecule has 0 saturated heterocycles. The number of benzene rings is 2. The number of aromatic carboxylic acids is 1. The average Bonchev–Trinajstić information content (AvgIpc) is 3.53.